The summed E-state index contributed by atoms with van der Waals surface area (Å²) >= 11 is 0. The lowest BCUT2D eigenvalue weighted by molar-refractivity contribution is 0.149. The Morgan fingerprint density at radius 2 is 1.80 bits per heavy atom. The number of carbonyl (C=O) groups excluding carboxylic acids is 2. The quantitative estimate of drug-likeness (QED) is 0.704. The molecule has 2 aliphatic heterocycles. The first-order chi connectivity index (χ1) is 7.11. The third-order valence-corrected chi connectivity index (χ3v) is 3.10. The van der Waals surface area contributed by atoms with Crippen molar-refractivity contribution in [3.05, 3.63) is 0 Å². The van der Waals surface area contributed by atoms with Crippen LogP contribution < -0.4 is 5.32 Å². The van der Waals surface area contributed by atoms with E-state index in [0.29, 0.717) is 13.1 Å². The van der Waals surface area contributed by atoms with Gasteiger partial charge >= 0.3 is 12.1 Å². The number of likely N-dealkylation sites (N-methyl/N-ethyl adjacent to an activating group) is 3. The minimum atomic E-state index is -0.194. The molecule has 0 saturated carbocycles. The molecule has 1 N–H and O–H groups in total. The SMILES string of the molecule is CCN1C(=O)N(CC)[C@H]2NC(=O)N(C)[C@@H]21. The Bertz CT molecular complexity index is 306. The molecule has 6 nitrogen and oxygen atoms in total. The van der Waals surface area contributed by atoms with Gasteiger partial charge in [0.2, 0.25) is 0 Å². The van der Waals surface area contributed by atoms with Crippen molar-refractivity contribution in [3.8, 4) is 0 Å². The van der Waals surface area contributed by atoms with Gasteiger partial charge in [0.1, 0.15) is 12.3 Å². The summed E-state index contributed by atoms with van der Waals surface area (Å²) in [5.41, 5.74) is 0. The molecule has 2 fully saturated rings. The fourth-order valence-corrected chi connectivity index (χ4v) is 2.30. The lowest BCUT2D eigenvalue weighted by atomic mass is 10.3. The molecule has 2 heterocycles. The van der Waals surface area contributed by atoms with Gasteiger partial charge < -0.3 is 20.0 Å². The van der Waals surface area contributed by atoms with Crippen molar-refractivity contribution in [2.75, 3.05) is 20.1 Å². The summed E-state index contributed by atoms with van der Waals surface area (Å²) in [6, 6.07) is -0.115. The Kier molecular flexibility index (Phi) is 2.21. The smallest absolute Gasteiger partial charge is 0.314 e. The number of fused-ring (bicyclic) bond motifs is 1. The number of nitrogens with one attached hydrogen (secondary N) is 1. The van der Waals surface area contributed by atoms with Crippen LogP contribution in [0.2, 0.25) is 0 Å². The minimum absolute atomic E-state index is 0.00171. The average Bonchev–Trinajstić information content (AvgIpc) is 2.63. The van der Waals surface area contributed by atoms with Crippen LogP contribution in [-0.4, -0.2) is 59.2 Å². The number of hydrogen-bond acceptors (Lipinski definition) is 2. The first-order valence-electron chi connectivity index (χ1n) is 5.22. The summed E-state index contributed by atoms with van der Waals surface area (Å²) in [6.45, 7) is 5.07. The number of nitrogens with zero attached hydrogens (tertiary/aromatic N) is 3. The fourth-order valence-electron chi connectivity index (χ4n) is 2.30. The highest BCUT2D eigenvalue weighted by atomic mass is 16.2. The van der Waals surface area contributed by atoms with Crippen molar-refractivity contribution in [2.24, 2.45) is 0 Å². The summed E-state index contributed by atoms with van der Waals surface area (Å²) < 4.78 is 0. The molecule has 4 amide bonds. The van der Waals surface area contributed by atoms with Gasteiger partial charge in [-0.05, 0) is 13.8 Å². The second-order valence-electron chi connectivity index (χ2n) is 3.77. The topological polar surface area (TPSA) is 55.9 Å². The van der Waals surface area contributed by atoms with Crippen molar-refractivity contribution in [2.45, 2.75) is 26.2 Å². The number of urea groups is 2. The van der Waals surface area contributed by atoms with Gasteiger partial charge in [-0.1, -0.05) is 0 Å². The molecule has 0 aromatic carbocycles. The molecule has 2 aliphatic rings. The van der Waals surface area contributed by atoms with Crippen molar-refractivity contribution >= 4 is 12.1 Å². The number of carbonyl (C=O) groups is 2. The van der Waals surface area contributed by atoms with Gasteiger partial charge in [0.25, 0.3) is 0 Å². The second kappa shape index (κ2) is 3.29. The molecule has 2 rings (SSSR count). The Morgan fingerprint density at radius 3 is 2.33 bits per heavy atom. The van der Waals surface area contributed by atoms with E-state index in [4.69, 9.17) is 0 Å². The van der Waals surface area contributed by atoms with Gasteiger partial charge in [-0.3, -0.25) is 0 Å². The van der Waals surface area contributed by atoms with Crippen LogP contribution in [0.4, 0.5) is 9.59 Å². The van der Waals surface area contributed by atoms with E-state index in [-0.39, 0.29) is 24.4 Å². The van der Waals surface area contributed by atoms with E-state index in [1.165, 1.54) is 0 Å². The molecule has 6 heteroatoms. The van der Waals surface area contributed by atoms with E-state index in [9.17, 15) is 9.59 Å². The van der Waals surface area contributed by atoms with Gasteiger partial charge in [0.15, 0.2) is 0 Å². The van der Waals surface area contributed by atoms with Crippen LogP contribution in [0.15, 0.2) is 0 Å². The first kappa shape index (κ1) is 10.1. The van der Waals surface area contributed by atoms with Gasteiger partial charge in [0.05, 0.1) is 0 Å². The van der Waals surface area contributed by atoms with Crippen LogP contribution >= 0.6 is 0 Å². The number of hydrogen-bond donors (Lipinski definition) is 1. The summed E-state index contributed by atoms with van der Waals surface area (Å²) in [5, 5.41) is 2.81. The van der Waals surface area contributed by atoms with Gasteiger partial charge in [-0.15, -0.1) is 0 Å². The lowest BCUT2D eigenvalue weighted by Gasteiger charge is -2.25. The van der Waals surface area contributed by atoms with E-state index in [1.807, 2.05) is 13.8 Å². The predicted molar refractivity (Wildman–Crippen MR) is 54.0 cm³/mol. The Balaban J connectivity index is 2.31. The zero-order valence-electron chi connectivity index (χ0n) is 9.23. The number of amides is 4. The van der Waals surface area contributed by atoms with Crippen LogP contribution in [-0.2, 0) is 0 Å². The normalized spacial score (nSPS) is 29.9. The van der Waals surface area contributed by atoms with Crippen molar-refractivity contribution in [3.63, 3.8) is 0 Å². The van der Waals surface area contributed by atoms with Crippen molar-refractivity contribution < 1.29 is 9.59 Å². The van der Waals surface area contributed by atoms with E-state index >= 15 is 0 Å². The maximum atomic E-state index is 11.9. The molecule has 2 atom stereocenters. The summed E-state index contributed by atoms with van der Waals surface area (Å²) in [5.74, 6) is 0. The van der Waals surface area contributed by atoms with Crippen LogP contribution in [0.5, 0.6) is 0 Å². The molecule has 15 heavy (non-hydrogen) atoms. The van der Waals surface area contributed by atoms with Gasteiger partial charge in [-0.25, -0.2) is 9.59 Å². The molecule has 2 saturated heterocycles. The summed E-state index contributed by atoms with van der Waals surface area (Å²) in [4.78, 5) is 28.4. The molecule has 0 bridgehead atoms. The maximum Gasteiger partial charge on any atom is 0.323 e. The highest BCUT2D eigenvalue weighted by Gasteiger charge is 2.52. The second-order valence-corrected chi connectivity index (χ2v) is 3.77. The average molecular weight is 212 g/mol. The molecule has 0 spiro atoms. The molecular formula is C9H16N4O2. The molecule has 0 aromatic heterocycles. The van der Waals surface area contributed by atoms with Crippen LogP contribution in [0, 0.1) is 0 Å². The van der Waals surface area contributed by atoms with Gasteiger partial charge in [0, 0.05) is 20.1 Å². The molecule has 0 radical (unpaired) electrons. The Hall–Kier alpha value is -1.46. The summed E-state index contributed by atoms with van der Waals surface area (Å²) in [6.07, 6.45) is -0.352. The fraction of sp³-hybridized carbons (Fsp3) is 0.778. The zero-order valence-corrected chi connectivity index (χ0v) is 9.23. The van der Waals surface area contributed by atoms with Crippen LogP contribution in [0.3, 0.4) is 0 Å². The van der Waals surface area contributed by atoms with E-state index in [0.717, 1.165) is 0 Å². The molecule has 0 aliphatic carbocycles. The highest BCUT2D eigenvalue weighted by molar-refractivity contribution is 5.84. The Morgan fingerprint density at radius 1 is 1.20 bits per heavy atom. The van der Waals surface area contributed by atoms with E-state index in [2.05, 4.69) is 5.32 Å². The third-order valence-electron chi connectivity index (χ3n) is 3.10. The van der Waals surface area contributed by atoms with E-state index < -0.39 is 0 Å². The number of rotatable bonds is 2. The third kappa shape index (κ3) is 1.17. The summed E-state index contributed by atoms with van der Waals surface area (Å²) in [7, 11) is 1.72. The monoisotopic (exact) mass is 212 g/mol. The minimum Gasteiger partial charge on any atom is -0.314 e. The highest BCUT2D eigenvalue weighted by Crippen LogP contribution is 2.27. The first-order valence-corrected chi connectivity index (χ1v) is 5.22. The van der Waals surface area contributed by atoms with Crippen LogP contribution in [0.1, 0.15) is 13.8 Å². The van der Waals surface area contributed by atoms with Gasteiger partial charge in [-0.2, -0.15) is 0 Å². The zero-order chi connectivity index (χ0) is 11.2. The largest absolute Gasteiger partial charge is 0.323 e. The van der Waals surface area contributed by atoms with Crippen LogP contribution in [0.25, 0.3) is 0 Å². The Labute approximate surface area is 88.8 Å². The molecular weight excluding hydrogens is 196 g/mol. The lowest BCUT2D eigenvalue weighted by Crippen LogP contribution is -2.44. The standard InChI is InChI=1S/C9H16N4O2/c1-4-12-6-7(11(3)8(14)10-6)13(5-2)9(12)15/h6-7H,4-5H2,1-3H3,(H,10,14)/t6-,7-/m1/s1. The molecule has 0 unspecified atom stereocenters. The molecule has 84 valence electrons. The van der Waals surface area contributed by atoms with Crippen molar-refractivity contribution in [1.82, 2.24) is 20.0 Å². The molecule has 0 aromatic rings. The maximum absolute atomic E-state index is 11.9. The predicted octanol–water partition coefficient (Wildman–Crippen LogP) is 0.0710. The van der Waals surface area contributed by atoms with E-state index in [1.54, 1.807) is 21.7 Å². The van der Waals surface area contributed by atoms with Crippen molar-refractivity contribution in [1.29, 1.82) is 0 Å².